The van der Waals surface area contributed by atoms with Gasteiger partial charge in [0.05, 0.1) is 37.4 Å². The molecule has 2 aliphatic rings. The van der Waals surface area contributed by atoms with Crippen LogP contribution >= 0.6 is 11.8 Å². The first-order chi connectivity index (χ1) is 15.0. The first-order valence-electron chi connectivity index (χ1n) is 10.2. The third-order valence-corrected chi connectivity index (χ3v) is 8.00. The number of thioether (sulfide) groups is 1. The van der Waals surface area contributed by atoms with E-state index >= 15 is 0 Å². The summed E-state index contributed by atoms with van der Waals surface area (Å²) in [5, 5.41) is 7.18. The molecule has 2 aliphatic heterocycles. The van der Waals surface area contributed by atoms with Crippen molar-refractivity contribution in [3.8, 4) is 5.75 Å². The topological polar surface area (TPSA) is 116 Å². The molecule has 1 atom stereocenters. The SMILES string of the molecule is O=c1[nH]nc(SCCOc2ccc(S(=O)(=O)N3CCOCC3)cc2)n1CC1CCCO1. The molecule has 2 aromatic rings. The van der Waals surface area contributed by atoms with Crippen molar-refractivity contribution in [1.29, 1.82) is 0 Å². The lowest BCUT2D eigenvalue weighted by molar-refractivity contribution is 0.0730. The summed E-state index contributed by atoms with van der Waals surface area (Å²) in [6.07, 6.45) is 2.01. The molecule has 1 N–H and O–H groups in total. The zero-order chi connectivity index (χ0) is 21.7. The van der Waals surface area contributed by atoms with Crippen molar-refractivity contribution in [1.82, 2.24) is 19.1 Å². The highest BCUT2D eigenvalue weighted by Gasteiger charge is 2.26. The van der Waals surface area contributed by atoms with E-state index in [9.17, 15) is 13.2 Å². The predicted octanol–water partition coefficient (Wildman–Crippen LogP) is 0.942. The number of hydrogen-bond donors (Lipinski definition) is 1. The highest BCUT2D eigenvalue weighted by atomic mass is 32.2. The second-order valence-electron chi connectivity index (χ2n) is 7.24. The Morgan fingerprint density at radius 2 is 1.97 bits per heavy atom. The van der Waals surface area contributed by atoms with Crippen LogP contribution in [-0.4, -0.2) is 78.9 Å². The van der Waals surface area contributed by atoms with Gasteiger partial charge in [-0.05, 0) is 37.1 Å². The molecule has 0 saturated carbocycles. The van der Waals surface area contributed by atoms with Crippen molar-refractivity contribution in [2.75, 3.05) is 45.3 Å². The number of hydrogen-bond acceptors (Lipinski definition) is 8. The maximum Gasteiger partial charge on any atom is 0.344 e. The normalized spacial score (nSPS) is 20.2. The zero-order valence-corrected chi connectivity index (χ0v) is 18.7. The van der Waals surface area contributed by atoms with Crippen molar-refractivity contribution in [2.24, 2.45) is 0 Å². The lowest BCUT2D eigenvalue weighted by atomic mass is 10.2. The molecular weight excluding hydrogens is 444 g/mol. The number of morpholine rings is 1. The summed E-state index contributed by atoms with van der Waals surface area (Å²) in [6.45, 7) is 3.18. The Bertz CT molecular complexity index is 1010. The standard InChI is InChI=1S/C19H26N4O6S2/c24-18-20-21-19(23(18)14-16-2-1-9-28-16)30-13-12-29-15-3-5-17(6-4-15)31(25,26)22-7-10-27-11-8-22/h3-6,16H,1-2,7-14H2,(H,20,24). The van der Waals surface area contributed by atoms with Gasteiger partial charge in [-0.2, -0.15) is 4.31 Å². The molecule has 1 unspecified atom stereocenters. The van der Waals surface area contributed by atoms with Crippen LogP contribution in [0.15, 0.2) is 39.1 Å². The molecule has 170 valence electrons. The molecule has 0 aliphatic carbocycles. The van der Waals surface area contributed by atoms with Crippen LogP contribution in [0.4, 0.5) is 0 Å². The Balaban J connectivity index is 1.27. The largest absolute Gasteiger partial charge is 0.493 e. The van der Waals surface area contributed by atoms with E-state index in [4.69, 9.17) is 14.2 Å². The fraction of sp³-hybridized carbons (Fsp3) is 0.579. The van der Waals surface area contributed by atoms with Gasteiger partial charge in [0.2, 0.25) is 10.0 Å². The molecule has 4 rings (SSSR count). The number of nitrogens with zero attached hydrogens (tertiary/aromatic N) is 3. The molecule has 10 nitrogen and oxygen atoms in total. The van der Waals surface area contributed by atoms with Crippen molar-refractivity contribution in [3.05, 3.63) is 34.7 Å². The zero-order valence-electron chi connectivity index (χ0n) is 17.1. The maximum absolute atomic E-state index is 12.7. The Labute approximate surface area is 184 Å². The number of aromatic nitrogens is 3. The van der Waals surface area contributed by atoms with Gasteiger partial charge in [0.1, 0.15) is 5.75 Å². The minimum absolute atomic E-state index is 0.0538. The minimum atomic E-state index is -3.51. The Morgan fingerprint density at radius 1 is 1.19 bits per heavy atom. The summed E-state index contributed by atoms with van der Waals surface area (Å²) in [6, 6.07) is 6.42. The van der Waals surface area contributed by atoms with Gasteiger partial charge in [0.15, 0.2) is 5.16 Å². The third kappa shape index (κ3) is 5.50. The highest BCUT2D eigenvalue weighted by Crippen LogP contribution is 2.22. The molecule has 0 amide bonds. The quantitative estimate of drug-likeness (QED) is 0.425. The van der Waals surface area contributed by atoms with Crippen molar-refractivity contribution < 1.29 is 22.6 Å². The minimum Gasteiger partial charge on any atom is -0.493 e. The first-order valence-corrected chi connectivity index (χ1v) is 12.7. The van der Waals surface area contributed by atoms with Gasteiger partial charge in [-0.15, -0.1) is 5.10 Å². The lowest BCUT2D eigenvalue weighted by Gasteiger charge is -2.26. The lowest BCUT2D eigenvalue weighted by Crippen LogP contribution is -2.40. The molecule has 31 heavy (non-hydrogen) atoms. The van der Waals surface area contributed by atoms with E-state index in [0.29, 0.717) is 56.1 Å². The van der Waals surface area contributed by atoms with Crippen molar-refractivity contribution >= 4 is 21.8 Å². The smallest absolute Gasteiger partial charge is 0.344 e. The number of rotatable bonds is 9. The number of benzene rings is 1. The molecule has 1 aromatic heterocycles. The van der Waals surface area contributed by atoms with E-state index in [-0.39, 0.29) is 16.7 Å². The van der Waals surface area contributed by atoms with Crippen LogP contribution in [0.5, 0.6) is 5.75 Å². The van der Waals surface area contributed by atoms with Gasteiger partial charge in [-0.1, -0.05) is 11.8 Å². The fourth-order valence-corrected chi connectivity index (χ4v) is 5.68. The number of aromatic amines is 1. The summed E-state index contributed by atoms with van der Waals surface area (Å²) < 4.78 is 44.9. The predicted molar refractivity (Wildman–Crippen MR) is 114 cm³/mol. The molecule has 1 aromatic carbocycles. The van der Waals surface area contributed by atoms with Crippen molar-refractivity contribution in [2.45, 2.75) is 35.5 Å². The molecule has 12 heteroatoms. The second kappa shape index (κ2) is 10.2. The van der Waals surface area contributed by atoms with Crippen molar-refractivity contribution in [3.63, 3.8) is 0 Å². The molecule has 0 spiro atoms. The summed E-state index contributed by atoms with van der Waals surface area (Å²) >= 11 is 1.42. The molecule has 0 radical (unpaired) electrons. The number of ether oxygens (including phenoxy) is 3. The van der Waals surface area contributed by atoms with Crippen LogP contribution in [0.1, 0.15) is 12.8 Å². The number of sulfonamides is 1. The van der Waals surface area contributed by atoms with Gasteiger partial charge in [0.25, 0.3) is 0 Å². The second-order valence-corrected chi connectivity index (χ2v) is 10.2. The molecule has 2 saturated heterocycles. The van der Waals surface area contributed by atoms with E-state index in [1.54, 1.807) is 28.8 Å². The van der Waals surface area contributed by atoms with Crippen LogP contribution in [0.25, 0.3) is 0 Å². The van der Waals surface area contributed by atoms with Gasteiger partial charge in [0, 0.05) is 25.4 Å². The van der Waals surface area contributed by atoms with E-state index in [1.165, 1.54) is 16.1 Å². The number of H-pyrrole nitrogens is 1. The van der Waals surface area contributed by atoms with Crippen LogP contribution in [0.3, 0.4) is 0 Å². The summed E-state index contributed by atoms with van der Waals surface area (Å²) in [5.41, 5.74) is -0.240. The van der Waals surface area contributed by atoms with E-state index in [1.807, 2.05) is 0 Å². The Kier molecular flexibility index (Phi) is 7.33. The van der Waals surface area contributed by atoms with Crippen LogP contribution in [0.2, 0.25) is 0 Å². The summed E-state index contributed by atoms with van der Waals surface area (Å²) in [7, 11) is -3.51. The van der Waals surface area contributed by atoms with Gasteiger partial charge in [-0.25, -0.2) is 18.3 Å². The van der Waals surface area contributed by atoms with Gasteiger partial charge in [-0.3, -0.25) is 4.57 Å². The highest BCUT2D eigenvalue weighted by molar-refractivity contribution is 7.99. The Morgan fingerprint density at radius 3 is 2.68 bits per heavy atom. The summed E-state index contributed by atoms with van der Waals surface area (Å²) in [4.78, 5) is 12.2. The molecule has 2 fully saturated rings. The van der Waals surface area contributed by atoms with Crippen LogP contribution in [-0.2, 0) is 26.0 Å². The molecule has 3 heterocycles. The number of nitrogens with one attached hydrogen (secondary N) is 1. The third-order valence-electron chi connectivity index (χ3n) is 5.15. The van der Waals surface area contributed by atoms with Gasteiger partial charge < -0.3 is 14.2 Å². The fourth-order valence-electron chi connectivity index (χ4n) is 3.50. The average molecular weight is 471 g/mol. The average Bonchev–Trinajstić information content (AvgIpc) is 3.43. The maximum atomic E-state index is 12.7. The van der Waals surface area contributed by atoms with Gasteiger partial charge >= 0.3 is 5.69 Å². The molecule has 0 bridgehead atoms. The van der Waals surface area contributed by atoms with E-state index in [0.717, 1.165) is 19.4 Å². The first kappa shape index (κ1) is 22.3. The van der Waals surface area contributed by atoms with Crippen LogP contribution in [0, 0.1) is 0 Å². The monoisotopic (exact) mass is 470 g/mol. The summed E-state index contributed by atoms with van der Waals surface area (Å²) in [5.74, 6) is 1.17. The van der Waals surface area contributed by atoms with E-state index < -0.39 is 10.0 Å². The Hall–Kier alpha value is -1.86. The van der Waals surface area contributed by atoms with Crippen LogP contribution < -0.4 is 10.4 Å². The molecular formula is C19H26N4O6S2. The van der Waals surface area contributed by atoms with E-state index in [2.05, 4.69) is 10.2 Å².